The van der Waals surface area contributed by atoms with Crippen LogP contribution in [0.3, 0.4) is 0 Å². The molecule has 6 nitrogen and oxygen atoms in total. The highest BCUT2D eigenvalue weighted by Crippen LogP contribution is 2.58. The summed E-state index contributed by atoms with van der Waals surface area (Å²) in [6.45, 7) is 0. The van der Waals surface area contributed by atoms with Gasteiger partial charge in [-0.2, -0.15) is 0 Å². The number of rotatable bonds is 2. The number of aromatic carboxylic acids is 1. The maximum atomic E-state index is 11.4. The van der Waals surface area contributed by atoms with E-state index in [1.165, 1.54) is 7.11 Å². The number of hydrogen-bond donors (Lipinski definition) is 3. The van der Waals surface area contributed by atoms with Gasteiger partial charge in [-0.1, -0.05) is 6.07 Å². The fourth-order valence-corrected chi connectivity index (χ4v) is 2.85. The molecule has 1 aromatic rings. The summed E-state index contributed by atoms with van der Waals surface area (Å²) in [6.07, 6.45) is 0.207. The summed E-state index contributed by atoms with van der Waals surface area (Å²) in [5.41, 5.74) is -0.0653. The third-order valence-electron chi connectivity index (χ3n) is 3.92. The number of benzene rings is 1. The summed E-state index contributed by atoms with van der Waals surface area (Å²) in [4.78, 5) is 11.4. The smallest absolute Gasteiger partial charge is 0.523 e. The normalized spacial score (nSPS) is 27.7. The second-order valence-corrected chi connectivity index (χ2v) is 4.98. The van der Waals surface area contributed by atoms with Crippen molar-refractivity contribution in [3.05, 3.63) is 23.3 Å². The van der Waals surface area contributed by atoms with Crippen molar-refractivity contribution < 1.29 is 29.4 Å². The van der Waals surface area contributed by atoms with E-state index in [0.717, 1.165) is 0 Å². The zero-order chi connectivity index (χ0) is 13.8. The first-order valence-corrected chi connectivity index (χ1v) is 5.97. The van der Waals surface area contributed by atoms with Gasteiger partial charge in [0.1, 0.15) is 17.1 Å². The molecule has 1 aliphatic carbocycles. The van der Waals surface area contributed by atoms with Gasteiger partial charge in [-0.15, -0.1) is 0 Å². The Morgan fingerprint density at radius 1 is 1.58 bits per heavy atom. The van der Waals surface area contributed by atoms with Gasteiger partial charge >= 0.3 is 13.1 Å². The van der Waals surface area contributed by atoms with Crippen LogP contribution in [-0.2, 0) is 5.41 Å². The molecule has 2 unspecified atom stereocenters. The predicted molar refractivity (Wildman–Crippen MR) is 65.7 cm³/mol. The van der Waals surface area contributed by atoms with E-state index in [2.05, 4.69) is 0 Å². The number of carboxylic acid groups (broad SMARTS) is 1. The maximum absolute atomic E-state index is 11.4. The van der Waals surface area contributed by atoms with Crippen LogP contribution in [-0.4, -0.2) is 41.5 Å². The highest BCUT2D eigenvalue weighted by atomic mass is 16.5. The van der Waals surface area contributed by atoms with Crippen LogP contribution in [0.5, 0.6) is 11.5 Å². The molecule has 0 bridgehead atoms. The molecule has 19 heavy (non-hydrogen) atoms. The molecule has 3 rings (SSSR count). The van der Waals surface area contributed by atoms with Crippen molar-refractivity contribution in [1.29, 1.82) is 0 Å². The maximum Gasteiger partial charge on any atom is 0.523 e. The Hall–Kier alpha value is -1.73. The van der Waals surface area contributed by atoms with E-state index in [9.17, 15) is 20.0 Å². The summed E-state index contributed by atoms with van der Waals surface area (Å²) in [5.74, 6) is -0.916. The fraction of sp³-hybridized carbons (Fsp3) is 0.417. The standard InChI is InChI=1S/C12H13BO6/c1-18-7-3-2-6-10(9(7)11(15)16)19-13(17)5-12(6)4-8(12)14/h2-3,8,14,17H,4-5H2,1H3,(H,15,16). The lowest BCUT2D eigenvalue weighted by Gasteiger charge is -2.29. The molecular weight excluding hydrogens is 251 g/mol. The topological polar surface area (TPSA) is 96.2 Å². The van der Waals surface area contributed by atoms with Crippen LogP contribution in [0, 0.1) is 0 Å². The molecule has 1 aromatic carbocycles. The minimum absolute atomic E-state index is 0.0992. The fourth-order valence-electron chi connectivity index (χ4n) is 2.85. The van der Waals surface area contributed by atoms with Crippen molar-refractivity contribution in [2.75, 3.05) is 7.11 Å². The van der Waals surface area contributed by atoms with Crippen LogP contribution in [0.25, 0.3) is 0 Å². The number of hydrogen-bond acceptors (Lipinski definition) is 5. The zero-order valence-electron chi connectivity index (χ0n) is 10.3. The molecule has 2 aliphatic rings. The lowest BCUT2D eigenvalue weighted by atomic mass is 9.69. The molecule has 1 saturated carbocycles. The van der Waals surface area contributed by atoms with Crippen molar-refractivity contribution in [2.45, 2.75) is 24.3 Å². The van der Waals surface area contributed by atoms with Crippen LogP contribution >= 0.6 is 0 Å². The summed E-state index contributed by atoms with van der Waals surface area (Å²) in [5, 5.41) is 28.9. The molecule has 0 amide bonds. The molecule has 2 atom stereocenters. The Balaban J connectivity index is 2.22. The van der Waals surface area contributed by atoms with E-state index < -0.39 is 24.6 Å². The molecule has 7 heteroatoms. The highest BCUT2D eigenvalue weighted by molar-refractivity contribution is 6.45. The largest absolute Gasteiger partial charge is 0.535 e. The van der Waals surface area contributed by atoms with Gasteiger partial charge in [-0.05, 0) is 12.5 Å². The first kappa shape index (κ1) is 12.3. The van der Waals surface area contributed by atoms with Crippen molar-refractivity contribution in [3.8, 4) is 11.5 Å². The van der Waals surface area contributed by atoms with Crippen LogP contribution in [0.2, 0.25) is 6.32 Å². The van der Waals surface area contributed by atoms with Gasteiger partial charge in [0.15, 0.2) is 0 Å². The lowest BCUT2D eigenvalue weighted by molar-refractivity contribution is 0.0690. The summed E-state index contributed by atoms with van der Waals surface area (Å²) in [6, 6.07) is 3.25. The summed E-state index contributed by atoms with van der Waals surface area (Å²) in [7, 11) is 0.254. The molecule has 3 N–H and O–H groups in total. The summed E-state index contributed by atoms with van der Waals surface area (Å²) >= 11 is 0. The van der Waals surface area contributed by atoms with Gasteiger partial charge in [-0.3, -0.25) is 0 Å². The van der Waals surface area contributed by atoms with Crippen molar-refractivity contribution in [3.63, 3.8) is 0 Å². The highest BCUT2D eigenvalue weighted by Gasteiger charge is 2.61. The van der Waals surface area contributed by atoms with E-state index in [0.29, 0.717) is 12.0 Å². The first-order valence-electron chi connectivity index (χ1n) is 5.97. The number of carboxylic acids is 1. The zero-order valence-corrected chi connectivity index (χ0v) is 10.3. The molecule has 0 aromatic heterocycles. The first-order chi connectivity index (χ1) is 8.99. The second kappa shape index (κ2) is 3.88. The third-order valence-corrected chi connectivity index (χ3v) is 3.92. The van der Waals surface area contributed by atoms with E-state index in [-0.39, 0.29) is 23.4 Å². The quantitative estimate of drug-likeness (QED) is 0.663. The van der Waals surface area contributed by atoms with Gasteiger partial charge < -0.3 is 24.6 Å². The minimum Gasteiger partial charge on any atom is -0.535 e. The molecule has 1 heterocycles. The van der Waals surface area contributed by atoms with Crippen LogP contribution in [0.1, 0.15) is 22.3 Å². The van der Waals surface area contributed by atoms with Gasteiger partial charge in [0.25, 0.3) is 0 Å². The Morgan fingerprint density at radius 2 is 2.26 bits per heavy atom. The Bertz CT molecular complexity index is 559. The van der Waals surface area contributed by atoms with Crippen LogP contribution < -0.4 is 9.39 Å². The van der Waals surface area contributed by atoms with Crippen LogP contribution in [0.15, 0.2) is 12.1 Å². The van der Waals surface area contributed by atoms with Crippen LogP contribution in [0.4, 0.5) is 0 Å². The molecule has 100 valence electrons. The SMILES string of the molecule is COc1ccc2c(c1C(=O)O)OB(O)CC21CC1O. The predicted octanol–water partition coefficient (Wildman–Crippen LogP) is 0.269. The Morgan fingerprint density at radius 3 is 2.79 bits per heavy atom. The van der Waals surface area contributed by atoms with Gasteiger partial charge in [0.05, 0.1) is 13.2 Å². The van der Waals surface area contributed by atoms with Crippen molar-refractivity contribution in [2.24, 2.45) is 0 Å². The Labute approximate surface area is 109 Å². The second-order valence-electron chi connectivity index (χ2n) is 4.98. The summed E-state index contributed by atoms with van der Waals surface area (Å²) < 4.78 is 10.3. The number of ether oxygens (including phenoxy) is 1. The van der Waals surface area contributed by atoms with Crippen molar-refractivity contribution in [1.82, 2.24) is 0 Å². The van der Waals surface area contributed by atoms with E-state index in [1.807, 2.05) is 0 Å². The van der Waals surface area contributed by atoms with E-state index in [4.69, 9.17) is 9.39 Å². The van der Waals surface area contributed by atoms with Gasteiger partial charge in [-0.25, -0.2) is 4.79 Å². The molecule has 1 aliphatic heterocycles. The number of aliphatic hydroxyl groups is 1. The van der Waals surface area contributed by atoms with Gasteiger partial charge in [0.2, 0.25) is 0 Å². The minimum atomic E-state index is -1.19. The molecule has 0 radical (unpaired) electrons. The monoisotopic (exact) mass is 264 g/mol. The van der Waals surface area contributed by atoms with E-state index in [1.54, 1.807) is 12.1 Å². The third kappa shape index (κ3) is 1.62. The molecule has 1 fully saturated rings. The molecular formula is C12H13BO6. The lowest BCUT2D eigenvalue weighted by Crippen LogP contribution is -2.35. The number of aliphatic hydroxyl groups excluding tert-OH is 1. The Kier molecular flexibility index (Phi) is 2.52. The molecule has 0 saturated heterocycles. The number of carbonyl (C=O) groups is 1. The number of methoxy groups -OCH3 is 1. The number of fused-ring (bicyclic) bond motifs is 2. The molecule has 1 spiro atoms. The van der Waals surface area contributed by atoms with Gasteiger partial charge in [0, 0.05) is 17.3 Å². The average Bonchev–Trinajstić information content (AvgIpc) is 2.97. The average molecular weight is 264 g/mol. The van der Waals surface area contributed by atoms with E-state index >= 15 is 0 Å². The van der Waals surface area contributed by atoms with Crippen molar-refractivity contribution >= 4 is 13.1 Å².